The fraction of sp³-hybridized carbons (Fsp3) is 0.115. The monoisotopic (exact) mass is 530 g/mol. The molecule has 0 saturated carbocycles. The first kappa shape index (κ1) is 25.3. The van der Waals surface area contributed by atoms with Gasteiger partial charge in [-0.15, -0.1) is 0 Å². The second-order valence-electron chi connectivity index (χ2n) is 7.81. The van der Waals surface area contributed by atoms with Crippen molar-refractivity contribution in [3.8, 4) is 16.9 Å². The number of hydrogen-bond donors (Lipinski definition) is 2. The molecule has 0 bridgehead atoms. The van der Waals surface area contributed by atoms with Crippen LogP contribution in [0.1, 0.15) is 15.9 Å². The second-order valence-corrected chi connectivity index (χ2v) is 8.62. The van der Waals surface area contributed by atoms with E-state index in [-0.39, 0.29) is 33.3 Å². The van der Waals surface area contributed by atoms with Crippen LogP contribution in [0, 0.1) is 11.6 Å². The van der Waals surface area contributed by atoms with Crippen LogP contribution in [-0.2, 0) is 11.2 Å². The summed E-state index contributed by atoms with van der Waals surface area (Å²) < 4.78 is 33.6. The lowest BCUT2D eigenvalue weighted by Gasteiger charge is -2.18. The second kappa shape index (κ2) is 10.5. The summed E-state index contributed by atoms with van der Waals surface area (Å²) in [5, 5.41) is 12.9. The number of hydrogen-bond acceptors (Lipinski definition) is 4. The number of ether oxygens (including phenoxy) is 1. The quantitative estimate of drug-likeness (QED) is 0.309. The maximum atomic E-state index is 14.4. The number of methoxy groups -OCH3 is 1. The summed E-state index contributed by atoms with van der Waals surface area (Å²) in [6.07, 6.45) is 1.38. The number of pyridine rings is 1. The highest BCUT2D eigenvalue weighted by molar-refractivity contribution is 6.39. The number of halogens is 4. The van der Waals surface area contributed by atoms with Crippen LogP contribution in [0.15, 0.2) is 60.8 Å². The Labute approximate surface area is 214 Å². The van der Waals surface area contributed by atoms with Gasteiger partial charge in [0.15, 0.2) is 11.6 Å². The molecule has 4 aromatic rings. The normalized spacial score (nSPS) is 11.8. The molecule has 1 aromatic heterocycles. The number of carbonyl (C=O) groups excluding carboxylic acids is 1. The summed E-state index contributed by atoms with van der Waals surface area (Å²) >= 11 is 12.2. The average molecular weight is 531 g/mol. The molecule has 10 heteroatoms. The van der Waals surface area contributed by atoms with E-state index in [1.54, 1.807) is 30.3 Å². The van der Waals surface area contributed by atoms with Crippen LogP contribution >= 0.6 is 23.2 Å². The van der Waals surface area contributed by atoms with Crippen LogP contribution in [0.5, 0.6) is 5.75 Å². The molecule has 2 N–H and O–H groups in total. The lowest BCUT2D eigenvalue weighted by atomic mass is 9.94. The summed E-state index contributed by atoms with van der Waals surface area (Å²) in [4.78, 5) is 29.2. The Morgan fingerprint density at radius 2 is 1.78 bits per heavy atom. The van der Waals surface area contributed by atoms with E-state index in [0.29, 0.717) is 22.0 Å². The SMILES string of the molecule is COc1c(F)cc(F)cc1-c1ccc(C[C@H](NC(=O)c2c(Cl)cccc2Cl)C(=O)O)c2ncccc12. The van der Waals surface area contributed by atoms with Gasteiger partial charge < -0.3 is 15.2 Å². The first-order valence-corrected chi connectivity index (χ1v) is 11.3. The van der Waals surface area contributed by atoms with Crippen LogP contribution in [0.4, 0.5) is 8.78 Å². The molecule has 0 saturated heterocycles. The minimum Gasteiger partial charge on any atom is -0.493 e. The van der Waals surface area contributed by atoms with Gasteiger partial charge in [-0.05, 0) is 35.4 Å². The molecule has 6 nitrogen and oxygen atoms in total. The first-order valence-electron chi connectivity index (χ1n) is 10.6. The van der Waals surface area contributed by atoms with E-state index >= 15 is 0 Å². The van der Waals surface area contributed by atoms with Crippen molar-refractivity contribution in [2.45, 2.75) is 12.5 Å². The van der Waals surface area contributed by atoms with E-state index in [9.17, 15) is 23.5 Å². The number of carboxylic acids is 1. The first-order chi connectivity index (χ1) is 17.2. The molecule has 1 atom stereocenters. The highest BCUT2D eigenvalue weighted by atomic mass is 35.5. The Kier molecular flexibility index (Phi) is 7.37. The highest BCUT2D eigenvalue weighted by Gasteiger charge is 2.25. The van der Waals surface area contributed by atoms with Gasteiger partial charge >= 0.3 is 5.97 Å². The van der Waals surface area contributed by atoms with Gasteiger partial charge in [-0.25, -0.2) is 13.6 Å². The molecule has 0 unspecified atom stereocenters. The Morgan fingerprint density at radius 3 is 2.44 bits per heavy atom. The van der Waals surface area contributed by atoms with Gasteiger partial charge in [0.1, 0.15) is 11.9 Å². The maximum Gasteiger partial charge on any atom is 0.326 e. The van der Waals surface area contributed by atoms with Gasteiger partial charge in [0.05, 0.1) is 28.2 Å². The van der Waals surface area contributed by atoms with Crippen molar-refractivity contribution in [1.29, 1.82) is 0 Å². The van der Waals surface area contributed by atoms with Crippen molar-refractivity contribution in [3.05, 3.63) is 93.6 Å². The molecule has 3 aromatic carbocycles. The number of nitrogens with zero attached hydrogens (tertiary/aromatic N) is 1. The van der Waals surface area contributed by atoms with E-state index in [2.05, 4.69) is 10.3 Å². The number of aromatic nitrogens is 1. The fourth-order valence-electron chi connectivity index (χ4n) is 3.96. The molecule has 4 rings (SSSR count). The zero-order valence-corrected chi connectivity index (χ0v) is 20.2. The Hall–Kier alpha value is -3.75. The van der Waals surface area contributed by atoms with Gasteiger partial charge in [-0.1, -0.05) is 47.5 Å². The molecule has 0 radical (unpaired) electrons. The molecule has 1 amide bonds. The minimum atomic E-state index is -1.35. The number of amides is 1. The summed E-state index contributed by atoms with van der Waals surface area (Å²) in [7, 11) is 1.28. The van der Waals surface area contributed by atoms with E-state index in [4.69, 9.17) is 27.9 Å². The zero-order chi connectivity index (χ0) is 26.0. The molecule has 1 heterocycles. The zero-order valence-electron chi connectivity index (χ0n) is 18.7. The summed E-state index contributed by atoms with van der Waals surface area (Å²) in [5.74, 6) is -3.81. The van der Waals surface area contributed by atoms with Crippen LogP contribution in [0.25, 0.3) is 22.0 Å². The lowest BCUT2D eigenvalue weighted by molar-refractivity contribution is -0.139. The van der Waals surface area contributed by atoms with Gasteiger partial charge in [-0.2, -0.15) is 0 Å². The Morgan fingerprint density at radius 1 is 1.06 bits per heavy atom. The van der Waals surface area contributed by atoms with Crippen LogP contribution in [0.2, 0.25) is 10.0 Å². The van der Waals surface area contributed by atoms with Gasteiger partial charge in [0, 0.05) is 29.6 Å². The van der Waals surface area contributed by atoms with Gasteiger partial charge in [0.2, 0.25) is 0 Å². The van der Waals surface area contributed by atoms with Crippen LogP contribution in [0.3, 0.4) is 0 Å². The number of rotatable bonds is 7. The summed E-state index contributed by atoms with van der Waals surface area (Å²) in [6, 6.07) is 11.6. The number of aliphatic carboxylic acids is 1. The minimum absolute atomic E-state index is 0.0364. The lowest BCUT2D eigenvalue weighted by Crippen LogP contribution is -2.42. The largest absolute Gasteiger partial charge is 0.493 e. The van der Waals surface area contributed by atoms with E-state index in [1.807, 2.05) is 0 Å². The smallest absolute Gasteiger partial charge is 0.326 e. The highest BCUT2D eigenvalue weighted by Crippen LogP contribution is 2.38. The molecular weight excluding hydrogens is 513 g/mol. The third-order valence-corrected chi connectivity index (χ3v) is 6.20. The molecule has 36 heavy (non-hydrogen) atoms. The summed E-state index contributed by atoms with van der Waals surface area (Å²) in [5.41, 5.74) is 1.47. The van der Waals surface area contributed by atoms with Gasteiger partial charge in [0.25, 0.3) is 5.91 Å². The van der Waals surface area contributed by atoms with Gasteiger partial charge in [-0.3, -0.25) is 9.78 Å². The van der Waals surface area contributed by atoms with E-state index in [0.717, 1.165) is 12.1 Å². The standard InChI is InChI=1S/C26H18Cl2F2N2O4/c1-36-24-17(11-14(29)12-20(24)30)15-8-7-13(23-16(15)4-3-9-31-23)10-21(26(34)35)32-25(33)22-18(27)5-2-6-19(22)28/h2-9,11-12,21H,10H2,1H3,(H,32,33)(H,34,35)/t21-/m0/s1. The average Bonchev–Trinajstić information content (AvgIpc) is 2.83. The third-order valence-electron chi connectivity index (χ3n) is 5.57. The molecule has 184 valence electrons. The van der Waals surface area contributed by atoms with Crippen LogP contribution in [-0.4, -0.2) is 35.1 Å². The molecule has 0 aliphatic rings. The Balaban J connectivity index is 1.74. The topological polar surface area (TPSA) is 88.5 Å². The van der Waals surface area contributed by atoms with E-state index < -0.39 is 29.6 Å². The number of carbonyl (C=O) groups is 2. The van der Waals surface area contributed by atoms with Crippen molar-refractivity contribution in [3.63, 3.8) is 0 Å². The fourth-order valence-corrected chi connectivity index (χ4v) is 4.53. The Bertz CT molecular complexity index is 1480. The van der Waals surface area contributed by atoms with Crippen LogP contribution < -0.4 is 10.1 Å². The molecule has 0 aliphatic heterocycles. The predicted octanol–water partition coefficient (Wildman–Crippen LogP) is 5.92. The predicted molar refractivity (Wildman–Crippen MR) is 133 cm³/mol. The van der Waals surface area contributed by atoms with Crippen molar-refractivity contribution in [1.82, 2.24) is 10.3 Å². The van der Waals surface area contributed by atoms with Crippen molar-refractivity contribution < 1.29 is 28.2 Å². The molecular formula is C26H18Cl2F2N2O4. The van der Waals surface area contributed by atoms with Crippen molar-refractivity contribution >= 4 is 46.0 Å². The third kappa shape index (κ3) is 4.96. The number of nitrogens with one attached hydrogen (secondary N) is 1. The van der Waals surface area contributed by atoms with Crippen molar-refractivity contribution in [2.75, 3.05) is 7.11 Å². The number of fused-ring (bicyclic) bond motifs is 1. The molecule has 0 spiro atoms. The number of carboxylic acid groups (broad SMARTS) is 1. The van der Waals surface area contributed by atoms with Crippen molar-refractivity contribution in [2.24, 2.45) is 0 Å². The molecule has 0 aliphatic carbocycles. The molecule has 0 fully saturated rings. The maximum absolute atomic E-state index is 14.4. The summed E-state index contributed by atoms with van der Waals surface area (Å²) in [6.45, 7) is 0. The van der Waals surface area contributed by atoms with E-state index in [1.165, 1.54) is 25.4 Å². The number of benzene rings is 3.